The Labute approximate surface area is 116 Å². The van der Waals surface area contributed by atoms with Crippen molar-refractivity contribution in [3.8, 4) is 0 Å². The van der Waals surface area contributed by atoms with Crippen molar-refractivity contribution < 1.29 is 14.7 Å². The van der Waals surface area contributed by atoms with Gasteiger partial charge in [0.25, 0.3) is 5.91 Å². The number of nitrogens with one attached hydrogen (secondary N) is 1. The van der Waals surface area contributed by atoms with Crippen molar-refractivity contribution in [1.29, 1.82) is 0 Å². The number of hydrogen-bond acceptors (Lipinski definition) is 3. The molecule has 1 aromatic heterocycles. The van der Waals surface area contributed by atoms with E-state index in [1.54, 1.807) is 19.2 Å². The lowest BCUT2D eigenvalue weighted by atomic mass is 10.1. The van der Waals surface area contributed by atoms with Crippen LogP contribution in [0.2, 0.25) is 0 Å². The first-order chi connectivity index (χ1) is 9.59. The van der Waals surface area contributed by atoms with Crippen molar-refractivity contribution in [1.82, 2.24) is 10.3 Å². The van der Waals surface area contributed by atoms with E-state index in [2.05, 4.69) is 10.3 Å². The molecular weight excluding hydrogens is 256 g/mol. The third kappa shape index (κ3) is 3.12. The number of carboxylic acid groups (broad SMARTS) is 1. The number of rotatable bonds is 5. The van der Waals surface area contributed by atoms with Crippen molar-refractivity contribution >= 4 is 22.8 Å². The van der Waals surface area contributed by atoms with E-state index in [0.29, 0.717) is 18.5 Å². The molecule has 0 aliphatic carbocycles. The first-order valence-electron chi connectivity index (χ1n) is 6.44. The van der Waals surface area contributed by atoms with E-state index in [1.165, 1.54) is 0 Å². The molecule has 1 aromatic carbocycles. The fourth-order valence-electron chi connectivity index (χ4n) is 1.91. The van der Waals surface area contributed by atoms with Crippen LogP contribution in [0.5, 0.6) is 0 Å². The molecule has 2 aromatic rings. The Bertz CT molecular complexity index is 635. The maximum absolute atomic E-state index is 12.1. The molecule has 0 bridgehead atoms. The summed E-state index contributed by atoms with van der Waals surface area (Å²) in [5.41, 5.74) is 1.32. The largest absolute Gasteiger partial charge is 0.481 e. The van der Waals surface area contributed by atoms with Crippen LogP contribution >= 0.6 is 0 Å². The van der Waals surface area contributed by atoms with Gasteiger partial charge in [0.15, 0.2) is 0 Å². The van der Waals surface area contributed by atoms with Gasteiger partial charge in [-0.2, -0.15) is 0 Å². The second-order valence-corrected chi connectivity index (χ2v) is 4.66. The first kappa shape index (κ1) is 14.0. The smallest absolute Gasteiger partial charge is 0.306 e. The lowest BCUT2D eigenvalue weighted by molar-refractivity contribution is -0.141. The molecule has 0 aliphatic heterocycles. The van der Waals surface area contributed by atoms with Crippen LogP contribution in [-0.2, 0) is 4.79 Å². The lowest BCUT2D eigenvalue weighted by Gasteiger charge is -2.09. The number of pyridine rings is 1. The van der Waals surface area contributed by atoms with Crippen molar-refractivity contribution in [2.45, 2.75) is 13.3 Å². The van der Waals surface area contributed by atoms with Crippen molar-refractivity contribution in [2.24, 2.45) is 5.92 Å². The van der Waals surface area contributed by atoms with Crippen molar-refractivity contribution in [3.05, 3.63) is 42.1 Å². The quantitative estimate of drug-likeness (QED) is 0.873. The highest BCUT2D eigenvalue weighted by Gasteiger charge is 2.13. The summed E-state index contributed by atoms with van der Waals surface area (Å²) < 4.78 is 0. The first-order valence-corrected chi connectivity index (χ1v) is 6.44. The van der Waals surface area contributed by atoms with E-state index in [4.69, 9.17) is 5.11 Å². The topological polar surface area (TPSA) is 79.3 Å². The minimum absolute atomic E-state index is 0.207. The summed E-state index contributed by atoms with van der Waals surface area (Å²) in [4.78, 5) is 27.0. The molecule has 0 saturated heterocycles. The number of para-hydroxylation sites is 1. The highest BCUT2D eigenvalue weighted by Crippen LogP contribution is 2.15. The van der Waals surface area contributed by atoms with Gasteiger partial charge in [0.05, 0.1) is 17.0 Å². The van der Waals surface area contributed by atoms with E-state index in [0.717, 1.165) is 10.9 Å². The molecule has 104 valence electrons. The number of hydrogen-bond donors (Lipinski definition) is 2. The number of fused-ring (bicyclic) bond motifs is 1. The second kappa shape index (κ2) is 6.14. The summed E-state index contributed by atoms with van der Waals surface area (Å²) >= 11 is 0. The Morgan fingerprint density at radius 2 is 2.05 bits per heavy atom. The fraction of sp³-hybridized carbons (Fsp3) is 0.267. The van der Waals surface area contributed by atoms with Gasteiger partial charge in [-0.05, 0) is 18.6 Å². The minimum atomic E-state index is -0.853. The molecule has 1 heterocycles. The van der Waals surface area contributed by atoms with Gasteiger partial charge >= 0.3 is 5.97 Å². The average molecular weight is 272 g/mol. The Kier molecular flexibility index (Phi) is 4.30. The van der Waals surface area contributed by atoms with Crippen LogP contribution in [0.25, 0.3) is 10.9 Å². The van der Waals surface area contributed by atoms with Gasteiger partial charge < -0.3 is 10.4 Å². The van der Waals surface area contributed by atoms with E-state index >= 15 is 0 Å². The van der Waals surface area contributed by atoms with E-state index in [-0.39, 0.29) is 5.91 Å². The molecule has 2 N–H and O–H groups in total. The summed E-state index contributed by atoms with van der Waals surface area (Å²) in [7, 11) is 0. The van der Waals surface area contributed by atoms with Gasteiger partial charge in [-0.25, -0.2) is 0 Å². The van der Waals surface area contributed by atoms with Crippen LogP contribution in [0.1, 0.15) is 23.7 Å². The molecule has 0 aliphatic rings. The van der Waals surface area contributed by atoms with Gasteiger partial charge in [0.2, 0.25) is 0 Å². The summed E-state index contributed by atoms with van der Waals surface area (Å²) in [6, 6.07) is 9.08. The summed E-state index contributed by atoms with van der Waals surface area (Å²) in [5, 5.41) is 12.3. The maximum atomic E-state index is 12.1. The zero-order valence-corrected chi connectivity index (χ0v) is 11.2. The number of carboxylic acids is 1. The Hall–Kier alpha value is -2.43. The van der Waals surface area contributed by atoms with Gasteiger partial charge in [-0.3, -0.25) is 14.6 Å². The zero-order valence-electron chi connectivity index (χ0n) is 11.2. The Morgan fingerprint density at radius 1 is 1.30 bits per heavy atom. The number of benzene rings is 1. The predicted molar refractivity (Wildman–Crippen MR) is 75.5 cm³/mol. The average Bonchev–Trinajstić information content (AvgIpc) is 2.46. The normalized spacial score (nSPS) is 12.1. The zero-order chi connectivity index (χ0) is 14.5. The second-order valence-electron chi connectivity index (χ2n) is 4.66. The van der Waals surface area contributed by atoms with Crippen LogP contribution in [0.4, 0.5) is 0 Å². The molecule has 1 atom stereocenters. The highest BCUT2D eigenvalue weighted by molar-refractivity contribution is 6.05. The van der Waals surface area contributed by atoms with Crippen molar-refractivity contribution in [2.75, 3.05) is 6.54 Å². The third-order valence-electron chi connectivity index (χ3n) is 3.18. The lowest BCUT2D eigenvalue weighted by Crippen LogP contribution is -2.27. The van der Waals surface area contributed by atoms with Gasteiger partial charge in [0.1, 0.15) is 0 Å². The molecule has 0 radical (unpaired) electrons. The molecule has 0 spiro atoms. The SMILES string of the molecule is CC(CCNC(=O)c1ccnc2ccccc12)C(=O)O. The van der Waals surface area contributed by atoms with Gasteiger partial charge in [-0.15, -0.1) is 0 Å². The van der Waals surface area contributed by atoms with Crippen LogP contribution in [0.15, 0.2) is 36.5 Å². The summed E-state index contributed by atoms with van der Waals surface area (Å²) in [5.74, 6) is -1.53. The molecule has 5 heteroatoms. The van der Waals surface area contributed by atoms with Gasteiger partial charge in [0, 0.05) is 18.1 Å². The molecular formula is C15H16N2O3. The fourth-order valence-corrected chi connectivity index (χ4v) is 1.91. The number of carbonyl (C=O) groups excluding carboxylic acids is 1. The maximum Gasteiger partial charge on any atom is 0.306 e. The monoisotopic (exact) mass is 272 g/mol. The van der Waals surface area contributed by atoms with Crippen LogP contribution in [0, 0.1) is 5.92 Å². The highest BCUT2D eigenvalue weighted by atomic mass is 16.4. The number of aromatic nitrogens is 1. The van der Waals surface area contributed by atoms with Crippen LogP contribution < -0.4 is 5.32 Å². The van der Waals surface area contributed by atoms with Crippen LogP contribution in [0.3, 0.4) is 0 Å². The molecule has 0 saturated carbocycles. The minimum Gasteiger partial charge on any atom is -0.481 e. The number of carbonyl (C=O) groups is 2. The Morgan fingerprint density at radius 3 is 2.80 bits per heavy atom. The van der Waals surface area contributed by atoms with Crippen LogP contribution in [-0.4, -0.2) is 28.5 Å². The van der Waals surface area contributed by atoms with Gasteiger partial charge in [-0.1, -0.05) is 25.1 Å². The standard InChI is InChI=1S/C15H16N2O3/c1-10(15(19)20)6-8-17-14(18)12-7-9-16-13-5-3-2-4-11(12)13/h2-5,7,9-10H,6,8H2,1H3,(H,17,18)(H,19,20). The number of amides is 1. The van der Waals surface area contributed by atoms with E-state index in [9.17, 15) is 9.59 Å². The van der Waals surface area contributed by atoms with E-state index in [1.807, 2.05) is 24.3 Å². The molecule has 2 rings (SSSR count). The molecule has 20 heavy (non-hydrogen) atoms. The van der Waals surface area contributed by atoms with Crippen molar-refractivity contribution in [3.63, 3.8) is 0 Å². The number of aliphatic carboxylic acids is 1. The number of nitrogens with zero attached hydrogens (tertiary/aromatic N) is 1. The summed E-state index contributed by atoms with van der Waals surface area (Å²) in [6.07, 6.45) is 2.00. The predicted octanol–water partition coefficient (Wildman–Crippen LogP) is 2.08. The molecule has 1 unspecified atom stereocenters. The Balaban J connectivity index is 2.06. The van der Waals surface area contributed by atoms with E-state index < -0.39 is 11.9 Å². The molecule has 1 amide bonds. The molecule has 0 fully saturated rings. The molecule has 5 nitrogen and oxygen atoms in total. The summed E-state index contributed by atoms with van der Waals surface area (Å²) in [6.45, 7) is 1.96. The third-order valence-corrected chi connectivity index (χ3v) is 3.18.